The number of benzene rings is 1. The predicted molar refractivity (Wildman–Crippen MR) is 98.5 cm³/mol. The molecule has 1 aliphatic rings. The third-order valence-corrected chi connectivity index (χ3v) is 4.94. The molecule has 1 aromatic rings. The first-order chi connectivity index (χ1) is 11.6. The van der Waals surface area contributed by atoms with E-state index in [0.717, 1.165) is 19.3 Å². The zero-order chi connectivity index (χ0) is 18.7. The largest absolute Gasteiger partial charge is 0.396 e. The van der Waals surface area contributed by atoms with Crippen LogP contribution < -0.4 is 10.6 Å². The van der Waals surface area contributed by atoms with Crippen LogP contribution in [-0.2, 0) is 0 Å². The Morgan fingerprint density at radius 2 is 1.72 bits per heavy atom. The Labute approximate surface area is 150 Å². The maximum absolute atomic E-state index is 12.4. The van der Waals surface area contributed by atoms with E-state index in [4.69, 9.17) is 0 Å². The quantitative estimate of drug-likeness (QED) is 0.767. The van der Waals surface area contributed by atoms with Crippen LogP contribution >= 0.6 is 0 Å². The second-order valence-electron chi connectivity index (χ2n) is 8.55. The Morgan fingerprint density at radius 1 is 1.16 bits per heavy atom. The predicted octanol–water partition coefficient (Wildman–Crippen LogP) is 2.74. The summed E-state index contributed by atoms with van der Waals surface area (Å²) in [4.78, 5) is 24.6. The molecule has 0 heterocycles. The summed E-state index contributed by atoms with van der Waals surface area (Å²) in [6.07, 6.45) is 2.81. The Bertz CT molecular complexity index is 619. The van der Waals surface area contributed by atoms with Crippen LogP contribution in [-0.4, -0.2) is 36.1 Å². The average molecular weight is 346 g/mol. The van der Waals surface area contributed by atoms with Gasteiger partial charge in [-0.1, -0.05) is 34.1 Å². The average Bonchev–Trinajstić information content (AvgIpc) is 2.93. The molecule has 0 bridgehead atoms. The van der Waals surface area contributed by atoms with Gasteiger partial charge in [0.1, 0.15) is 0 Å². The summed E-state index contributed by atoms with van der Waals surface area (Å²) in [5.41, 5.74) is 0.847. The van der Waals surface area contributed by atoms with E-state index >= 15 is 0 Å². The minimum atomic E-state index is -0.248. The van der Waals surface area contributed by atoms with Crippen molar-refractivity contribution in [1.29, 1.82) is 0 Å². The standard InChI is InChI=1S/C20H30N2O3/c1-19(2,3)12-21-17(24)14-7-9-15(10-8-14)18(25)22-16-6-5-11-20(16,4)13-23/h7-10,16,23H,5-6,11-13H2,1-4H3,(H,21,24)(H,22,25). The molecular formula is C20H30N2O3. The Hall–Kier alpha value is -1.88. The molecule has 0 radical (unpaired) electrons. The molecule has 138 valence electrons. The SMILES string of the molecule is CC(C)(C)CNC(=O)c1ccc(C(=O)NC2CCCC2(C)CO)cc1. The molecule has 1 saturated carbocycles. The highest BCUT2D eigenvalue weighted by Gasteiger charge is 2.39. The minimum absolute atomic E-state index is 0.0141. The Balaban J connectivity index is 1.97. The number of amides is 2. The van der Waals surface area contributed by atoms with Crippen molar-refractivity contribution in [3.05, 3.63) is 35.4 Å². The normalized spacial score (nSPS) is 23.3. The van der Waals surface area contributed by atoms with Crippen molar-refractivity contribution in [1.82, 2.24) is 10.6 Å². The lowest BCUT2D eigenvalue weighted by Gasteiger charge is -2.30. The van der Waals surface area contributed by atoms with Gasteiger partial charge in [0.15, 0.2) is 0 Å². The van der Waals surface area contributed by atoms with Gasteiger partial charge in [0.25, 0.3) is 11.8 Å². The van der Waals surface area contributed by atoms with Crippen LogP contribution in [0.1, 0.15) is 67.7 Å². The van der Waals surface area contributed by atoms with Crippen LogP contribution in [0.2, 0.25) is 0 Å². The number of hydrogen-bond acceptors (Lipinski definition) is 3. The number of rotatable bonds is 5. The molecule has 2 unspecified atom stereocenters. The first-order valence-electron chi connectivity index (χ1n) is 8.95. The number of nitrogens with one attached hydrogen (secondary N) is 2. The highest BCUT2D eigenvalue weighted by Crippen LogP contribution is 2.37. The topological polar surface area (TPSA) is 78.4 Å². The molecule has 1 aromatic carbocycles. The van der Waals surface area contributed by atoms with Crippen molar-refractivity contribution in [2.45, 2.75) is 53.0 Å². The lowest BCUT2D eigenvalue weighted by atomic mass is 9.85. The molecule has 1 fully saturated rings. The summed E-state index contributed by atoms with van der Waals surface area (Å²) in [5.74, 6) is -0.293. The number of carbonyl (C=O) groups is 2. The van der Waals surface area contributed by atoms with Crippen LogP contribution in [0.25, 0.3) is 0 Å². The highest BCUT2D eigenvalue weighted by atomic mass is 16.3. The van der Waals surface area contributed by atoms with Crippen molar-refractivity contribution < 1.29 is 14.7 Å². The molecule has 5 heteroatoms. The van der Waals surface area contributed by atoms with E-state index < -0.39 is 0 Å². The number of aliphatic hydroxyl groups excluding tert-OH is 1. The number of hydrogen-bond donors (Lipinski definition) is 3. The molecule has 3 N–H and O–H groups in total. The van der Waals surface area contributed by atoms with Gasteiger partial charge >= 0.3 is 0 Å². The third kappa shape index (κ3) is 5.05. The van der Waals surface area contributed by atoms with Crippen molar-refractivity contribution in [3.63, 3.8) is 0 Å². The highest BCUT2D eigenvalue weighted by molar-refractivity contribution is 5.97. The van der Waals surface area contributed by atoms with Crippen molar-refractivity contribution in [3.8, 4) is 0 Å². The van der Waals surface area contributed by atoms with Crippen LogP contribution in [0.15, 0.2) is 24.3 Å². The maximum Gasteiger partial charge on any atom is 0.251 e. The summed E-state index contributed by atoms with van der Waals surface area (Å²) in [6, 6.07) is 6.68. The number of carbonyl (C=O) groups excluding carboxylic acids is 2. The van der Waals surface area contributed by atoms with Gasteiger partial charge in [-0.05, 0) is 42.5 Å². The monoisotopic (exact) mass is 346 g/mol. The molecular weight excluding hydrogens is 316 g/mol. The van der Waals surface area contributed by atoms with E-state index in [0.29, 0.717) is 17.7 Å². The maximum atomic E-state index is 12.4. The molecule has 0 spiro atoms. The molecule has 0 aromatic heterocycles. The fourth-order valence-electron chi connectivity index (χ4n) is 3.13. The van der Waals surface area contributed by atoms with E-state index in [-0.39, 0.29) is 35.3 Å². The molecule has 2 amide bonds. The van der Waals surface area contributed by atoms with E-state index in [1.165, 1.54) is 0 Å². The Kier molecular flexibility index (Phi) is 5.88. The van der Waals surface area contributed by atoms with E-state index in [9.17, 15) is 14.7 Å². The van der Waals surface area contributed by atoms with Gasteiger partial charge < -0.3 is 15.7 Å². The fourth-order valence-corrected chi connectivity index (χ4v) is 3.13. The summed E-state index contributed by atoms with van der Waals surface area (Å²) in [6.45, 7) is 8.85. The van der Waals surface area contributed by atoms with Gasteiger partial charge in [0.05, 0.1) is 6.61 Å². The molecule has 2 rings (SSSR count). The van der Waals surface area contributed by atoms with Crippen molar-refractivity contribution in [2.75, 3.05) is 13.2 Å². The Morgan fingerprint density at radius 3 is 2.24 bits per heavy atom. The summed E-state index contributed by atoms with van der Waals surface area (Å²) < 4.78 is 0. The van der Waals surface area contributed by atoms with Crippen LogP contribution in [0.3, 0.4) is 0 Å². The first kappa shape index (κ1) is 19.4. The van der Waals surface area contributed by atoms with Gasteiger partial charge in [0, 0.05) is 29.1 Å². The van der Waals surface area contributed by atoms with Crippen LogP contribution in [0.5, 0.6) is 0 Å². The summed E-state index contributed by atoms with van der Waals surface area (Å²) in [5, 5.41) is 15.5. The lowest BCUT2D eigenvalue weighted by Crippen LogP contribution is -2.44. The minimum Gasteiger partial charge on any atom is -0.396 e. The fraction of sp³-hybridized carbons (Fsp3) is 0.600. The zero-order valence-corrected chi connectivity index (χ0v) is 15.7. The number of aliphatic hydroxyl groups is 1. The summed E-state index contributed by atoms with van der Waals surface area (Å²) >= 11 is 0. The van der Waals surface area contributed by atoms with Crippen molar-refractivity contribution >= 4 is 11.8 Å². The van der Waals surface area contributed by atoms with Gasteiger partial charge in [0.2, 0.25) is 0 Å². The van der Waals surface area contributed by atoms with Gasteiger partial charge in [-0.25, -0.2) is 0 Å². The van der Waals surface area contributed by atoms with Crippen LogP contribution in [0, 0.1) is 10.8 Å². The molecule has 25 heavy (non-hydrogen) atoms. The van der Waals surface area contributed by atoms with Crippen molar-refractivity contribution in [2.24, 2.45) is 10.8 Å². The second kappa shape index (κ2) is 7.56. The molecule has 5 nitrogen and oxygen atoms in total. The van der Waals surface area contributed by atoms with Gasteiger partial charge in [-0.15, -0.1) is 0 Å². The lowest BCUT2D eigenvalue weighted by molar-refractivity contribution is 0.0829. The van der Waals surface area contributed by atoms with Gasteiger partial charge in [-0.2, -0.15) is 0 Å². The van der Waals surface area contributed by atoms with Crippen LogP contribution in [0.4, 0.5) is 0 Å². The second-order valence-corrected chi connectivity index (χ2v) is 8.55. The molecule has 0 saturated heterocycles. The van der Waals surface area contributed by atoms with E-state index in [1.54, 1.807) is 24.3 Å². The van der Waals surface area contributed by atoms with Gasteiger partial charge in [-0.3, -0.25) is 9.59 Å². The molecule has 0 aliphatic heterocycles. The smallest absolute Gasteiger partial charge is 0.251 e. The molecule has 1 aliphatic carbocycles. The van der Waals surface area contributed by atoms with E-state index in [1.807, 2.05) is 6.92 Å². The van der Waals surface area contributed by atoms with E-state index in [2.05, 4.69) is 31.4 Å². The zero-order valence-electron chi connectivity index (χ0n) is 15.7. The third-order valence-electron chi connectivity index (χ3n) is 4.94. The first-order valence-corrected chi connectivity index (χ1v) is 8.95. The summed E-state index contributed by atoms with van der Waals surface area (Å²) in [7, 11) is 0. The molecule has 2 atom stereocenters.